The lowest BCUT2D eigenvalue weighted by Gasteiger charge is -2.23. The topological polar surface area (TPSA) is 72.8 Å². The number of piperidine rings is 1. The van der Waals surface area contributed by atoms with Crippen LogP contribution in [0.1, 0.15) is 25.7 Å². The molecular formula is C12H22N2O3. The minimum atomic E-state index is -0.766. The molecule has 0 unspecified atom stereocenters. The van der Waals surface area contributed by atoms with Crippen LogP contribution in [0.25, 0.3) is 0 Å². The average Bonchev–Trinajstić information content (AvgIpc) is 2.68. The van der Waals surface area contributed by atoms with Crippen LogP contribution < -0.4 is 5.32 Å². The molecule has 2 aliphatic rings. The van der Waals surface area contributed by atoms with Crippen molar-refractivity contribution in [2.75, 3.05) is 26.2 Å². The first-order chi connectivity index (χ1) is 8.16. The predicted molar refractivity (Wildman–Crippen MR) is 63.4 cm³/mol. The minimum absolute atomic E-state index is 0.0686. The Hall–Kier alpha value is -0.650. The van der Waals surface area contributed by atoms with Gasteiger partial charge >= 0.3 is 0 Å². The van der Waals surface area contributed by atoms with Crippen molar-refractivity contribution in [1.82, 2.24) is 10.2 Å². The lowest BCUT2D eigenvalue weighted by Crippen LogP contribution is -2.31. The number of carbonyl (C=O) groups is 1. The number of likely N-dealkylation sites (tertiary alicyclic amines) is 1. The van der Waals surface area contributed by atoms with Crippen LogP contribution in [0.3, 0.4) is 0 Å². The van der Waals surface area contributed by atoms with Gasteiger partial charge in [0.1, 0.15) is 0 Å². The number of nitrogens with one attached hydrogen (secondary N) is 1. The maximum absolute atomic E-state index is 11.9. The van der Waals surface area contributed by atoms with E-state index in [0.717, 1.165) is 32.4 Å². The van der Waals surface area contributed by atoms with E-state index in [0.29, 0.717) is 12.3 Å². The second kappa shape index (κ2) is 5.80. The number of aliphatic hydroxyl groups is 2. The first kappa shape index (κ1) is 12.8. The molecule has 0 saturated carbocycles. The molecule has 0 bridgehead atoms. The van der Waals surface area contributed by atoms with E-state index < -0.39 is 12.2 Å². The summed E-state index contributed by atoms with van der Waals surface area (Å²) in [5, 5.41) is 22.1. The number of amides is 1. The number of nitrogens with zero attached hydrogens (tertiary/aromatic N) is 1. The summed E-state index contributed by atoms with van der Waals surface area (Å²) in [6.45, 7) is 2.68. The summed E-state index contributed by atoms with van der Waals surface area (Å²) >= 11 is 0. The molecule has 3 N–H and O–H groups in total. The molecule has 5 heteroatoms. The van der Waals surface area contributed by atoms with Crippen molar-refractivity contribution < 1.29 is 15.0 Å². The molecule has 1 amide bonds. The fraction of sp³-hybridized carbons (Fsp3) is 0.917. The second-order valence-corrected chi connectivity index (χ2v) is 5.17. The molecule has 2 aliphatic heterocycles. The van der Waals surface area contributed by atoms with Crippen molar-refractivity contribution in [2.24, 2.45) is 5.92 Å². The molecule has 2 saturated heterocycles. The standard InChI is InChI=1S/C12H22N2O3/c15-10-7-14(8-11(10)16)12(17)2-1-9-3-5-13-6-4-9/h9-11,13,15-16H,1-8H2/t10-,11+. The van der Waals surface area contributed by atoms with Gasteiger partial charge in [0.25, 0.3) is 0 Å². The molecule has 2 fully saturated rings. The third-order valence-corrected chi connectivity index (χ3v) is 3.84. The van der Waals surface area contributed by atoms with E-state index in [1.54, 1.807) is 4.90 Å². The van der Waals surface area contributed by atoms with Crippen LogP contribution in [0.4, 0.5) is 0 Å². The Morgan fingerprint density at radius 3 is 2.35 bits per heavy atom. The van der Waals surface area contributed by atoms with Gasteiger partial charge in [-0.05, 0) is 38.3 Å². The minimum Gasteiger partial charge on any atom is -0.388 e. The Morgan fingerprint density at radius 2 is 1.76 bits per heavy atom. The SMILES string of the molecule is O=C(CCC1CCNCC1)N1C[C@@H](O)[C@@H](O)C1. The van der Waals surface area contributed by atoms with Crippen molar-refractivity contribution in [2.45, 2.75) is 37.9 Å². The summed E-state index contributed by atoms with van der Waals surface area (Å²) in [6.07, 6.45) is 2.25. The number of hydrogen-bond acceptors (Lipinski definition) is 4. The predicted octanol–water partition coefficient (Wildman–Crippen LogP) is -0.670. The molecule has 0 aliphatic carbocycles. The zero-order chi connectivity index (χ0) is 12.3. The number of aliphatic hydroxyl groups excluding tert-OH is 2. The molecule has 0 radical (unpaired) electrons. The van der Waals surface area contributed by atoms with Crippen molar-refractivity contribution in [3.8, 4) is 0 Å². The zero-order valence-corrected chi connectivity index (χ0v) is 10.1. The highest BCUT2D eigenvalue weighted by Crippen LogP contribution is 2.19. The van der Waals surface area contributed by atoms with Crippen LogP contribution in [-0.4, -0.2) is 59.4 Å². The van der Waals surface area contributed by atoms with Gasteiger partial charge in [0, 0.05) is 19.5 Å². The summed E-state index contributed by atoms with van der Waals surface area (Å²) in [4.78, 5) is 13.4. The summed E-state index contributed by atoms with van der Waals surface area (Å²) in [6, 6.07) is 0. The summed E-state index contributed by atoms with van der Waals surface area (Å²) in [5.41, 5.74) is 0. The Morgan fingerprint density at radius 1 is 1.18 bits per heavy atom. The molecule has 0 aromatic heterocycles. The number of carbonyl (C=O) groups excluding carboxylic acids is 1. The van der Waals surface area contributed by atoms with E-state index >= 15 is 0 Å². The van der Waals surface area contributed by atoms with Gasteiger partial charge in [-0.3, -0.25) is 4.79 Å². The first-order valence-corrected chi connectivity index (χ1v) is 6.51. The quantitative estimate of drug-likeness (QED) is 0.614. The van der Waals surface area contributed by atoms with E-state index in [2.05, 4.69) is 5.32 Å². The number of rotatable bonds is 3. The molecule has 2 rings (SSSR count). The number of β-amino-alcohol motifs (C(OH)–C–C–N with tert-alkyl or cyclic N) is 2. The highest BCUT2D eigenvalue weighted by molar-refractivity contribution is 5.76. The first-order valence-electron chi connectivity index (χ1n) is 6.51. The fourth-order valence-corrected chi connectivity index (χ4v) is 2.63. The summed E-state index contributed by atoms with van der Waals surface area (Å²) < 4.78 is 0. The molecule has 5 nitrogen and oxygen atoms in total. The Bertz CT molecular complexity index is 256. The molecule has 98 valence electrons. The second-order valence-electron chi connectivity index (χ2n) is 5.17. The molecule has 0 aromatic carbocycles. The summed E-state index contributed by atoms with van der Waals surface area (Å²) in [7, 11) is 0. The lowest BCUT2D eigenvalue weighted by atomic mass is 9.93. The third kappa shape index (κ3) is 3.40. The molecular weight excluding hydrogens is 220 g/mol. The maximum Gasteiger partial charge on any atom is 0.222 e. The van der Waals surface area contributed by atoms with Crippen LogP contribution >= 0.6 is 0 Å². The highest BCUT2D eigenvalue weighted by atomic mass is 16.3. The van der Waals surface area contributed by atoms with Crippen molar-refractivity contribution in [3.05, 3.63) is 0 Å². The van der Waals surface area contributed by atoms with E-state index in [4.69, 9.17) is 0 Å². The normalized spacial score (nSPS) is 30.8. The molecule has 0 spiro atoms. The molecule has 0 aromatic rings. The Balaban J connectivity index is 1.70. The van der Waals surface area contributed by atoms with Gasteiger partial charge in [0.2, 0.25) is 5.91 Å². The van der Waals surface area contributed by atoms with Gasteiger partial charge in [-0.2, -0.15) is 0 Å². The Labute approximate surface area is 102 Å². The number of hydrogen-bond donors (Lipinski definition) is 3. The highest BCUT2D eigenvalue weighted by Gasteiger charge is 2.32. The van der Waals surface area contributed by atoms with E-state index in [1.807, 2.05) is 0 Å². The summed E-state index contributed by atoms with van der Waals surface area (Å²) in [5.74, 6) is 0.719. The van der Waals surface area contributed by atoms with Gasteiger partial charge in [0.05, 0.1) is 12.2 Å². The van der Waals surface area contributed by atoms with Gasteiger partial charge < -0.3 is 20.4 Å². The van der Waals surface area contributed by atoms with Crippen LogP contribution in [0.15, 0.2) is 0 Å². The molecule has 2 heterocycles. The van der Waals surface area contributed by atoms with Gasteiger partial charge in [0.15, 0.2) is 0 Å². The van der Waals surface area contributed by atoms with E-state index in [9.17, 15) is 15.0 Å². The zero-order valence-electron chi connectivity index (χ0n) is 10.1. The van der Waals surface area contributed by atoms with E-state index in [1.165, 1.54) is 0 Å². The Kier molecular flexibility index (Phi) is 4.36. The third-order valence-electron chi connectivity index (χ3n) is 3.84. The van der Waals surface area contributed by atoms with Crippen molar-refractivity contribution in [3.63, 3.8) is 0 Å². The van der Waals surface area contributed by atoms with Crippen LogP contribution in [-0.2, 0) is 4.79 Å². The lowest BCUT2D eigenvalue weighted by molar-refractivity contribution is -0.131. The molecule has 17 heavy (non-hydrogen) atoms. The van der Waals surface area contributed by atoms with Crippen LogP contribution in [0.5, 0.6) is 0 Å². The van der Waals surface area contributed by atoms with E-state index in [-0.39, 0.29) is 19.0 Å². The average molecular weight is 242 g/mol. The molecule has 2 atom stereocenters. The monoisotopic (exact) mass is 242 g/mol. The van der Waals surface area contributed by atoms with Crippen molar-refractivity contribution >= 4 is 5.91 Å². The smallest absolute Gasteiger partial charge is 0.222 e. The largest absolute Gasteiger partial charge is 0.388 e. The van der Waals surface area contributed by atoms with Crippen molar-refractivity contribution in [1.29, 1.82) is 0 Å². The fourth-order valence-electron chi connectivity index (χ4n) is 2.63. The maximum atomic E-state index is 11.9. The van der Waals surface area contributed by atoms with Gasteiger partial charge in [-0.1, -0.05) is 0 Å². The van der Waals surface area contributed by atoms with Crippen LogP contribution in [0, 0.1) is 5.92 Å². The van der Waals surface area contributed by atoms with Gasteiger partial charge in [-0.15, -0.1) is 0 Å². The van der Waals surface area contributed by atoms with Crippen LogP contribution in [0.2, 0.25) is 0 Å². The van der Waals surface area contributed by atoms with Gasteiger partial charge in [-0.25, -0.2) is 0 Å².